The number of halogens is 5. The zero-order valence-electron chi connectivity index (χ0n) is 8.93. The van der Waals surface area contributed by atoms with Crippen LogP contribution in [-0.2, 0) is 19.1 Å². The highest BCUT2D eigenvalue weighted by Gasteiger charge is 2.36. The van der Waals surface area contributed by atoms with Crippen molar-refractivity contribution in [3.63, 3.8) is 0 Å². The van der Waals surface area contributed by atoms with Gasteiger partial charge in [-0.25, -0.2) is 8.78 Å². The molecule has 0 aliphatic rings. The van der Waals surface area contributed by atoms with Crippen LogP contribution in [0.25, 0.3) is 0 Å². The van der Waals surface area contributed by atoms with Gasteiger partial charge >= 0.3 is 6.18 Å². The first kappa shape index (κ1) is 14.3. The highest BCUT2D eigenvalue weighted by molar-refractivity contribution is 5.40. The summed E-state index contributed by atoms with van der Waals surface area (Å²) in [4.78, 5) is 3.10. The first-order chi connectivity index (χ1) is 8.32. The van der Waals surface area contributed by atoms with Gasteiger partial charge in [-0.3, -0.25) is 4.98 Å². The maximum absolute atomic E-state index is 12.6. The Hall–Kier alpha value is -1.75. The maximum Gasteiger partial charge on any atom is 0.418 e. The SMILES string of the molecule is N#CCc1c(C(F)(F)F)cnc(C(F)F)c1CN. The molecule has 0 aliphatic heterocycles. The van der Waals surface area contributed by atoms with Crippen molar-refractivity contribution in [2.75, 3.05) is 0 Å². The van der Waals surface area contributed by atoms with Gasteiger partial charge in [-0.1, -0.05) is 0 Å². The molecule has 8 heteroatoms. The number of hydrogen-bond donors (Lipinski definition) is 1. The molecule has 2 N–H and O–H groups in total. The molecule has 0 amide bonds. The number of hydrogen-bond acceptors (Lipinski definition) is 3. The number of nitrogens with zero attached hydrogens (tertiary/aromatic N) is 2. The summed E-state index contributed by atoms with van der Waals surface area (Å²) in [7, 11) is 0. The van der Waals surface area contributed by atoms with Crippen molar-refractivity contribution in [1.29, 1.82) is 5.26 Å². The molecule has 98 valence electrons. The second-order valence-corrected chi connectivity index (χ2v) is 3.35. The van der Waals surface area contributed by atoms with Crippen molar-refractivity contribution >= 4 is 0 Å². The average Bonchev–Trinajstić information content (AvgIpc) is 2.27. The lowest BCUT2D eigenvalue weighted by atomic mass is 9.98. The van der Waals surface area contributed by atoms with Crippen LogP contribution >= 0.6 is 0 Å². The van der Waals surface area contributed by atoms with E-state index in [-0.39, 0.29) is 0 Å². The lowest BCUT2D eigenvalue weighted by Gasteiger charge is -2.16. The molecule has 0 radical (unpaired) electrons. The molecule has 0 saturated carbocycles. The fourth-order valence-corrected chi connectivity index (χ4v) is 1.55. The smallest absolute Gasteiger partial charge is 0.326 e. The summed E-state index contributed by atoms with van der Waals surface area (Å²) in [5.74, 6) is 0. The Morgan fingerprint density at radius 1 is 1.33 bits per heavy atom. The van der Waals surface area contributed by atoms with Gasteiger partial charge in [0.2, 0.25) is 0 Å². The number of alkyl halides is 5. The van der Waals surface area contributed by atoms with Crippen molar-refractivity contribution in [3.8, 4) is 6.07 Å². The normalized spacial score (nSPS) is 11.7. The molecule has 0 aliphatic carbocycles. The monoisotopic (exact) mass is 265 g/mol. The molecular formula is C10H8F5N3. The Labute approximate surface area is 99.0 Å². The summed E-state index contributed by atoms with van der Waals surface area (Å²) in [6.45, 7) is -0.534. The van der Waals surface area contributed by atoms with Gasteiger partial charge < -0.3 is 5.73 Å². The number of aromatic nitrogens is 1. The highest BCUT2D eigenvalue weighted by atomic mass is 19.4. The van der Waals surface area contributed by atoms with Gasteiger partial charge in [0.15, 0.2) is 0 Å². The van der Waals surface area contributed by atoms with Crippen LogP contribution in [0.5, 0.6) is 0 Å². The summed E-state index contributed by atoms with van der Waals surface area (Å²) in [5, 5.41) is 8.49. The molecular weight excluding hydrogens is 257 g/mol. The van der Waals surface area contributed by atoms with Crippen molar-refractivity contribution in [2.24, 2.45) is 5.73 Å². The van der Waals surface area contributed by atoms with Gasteiger partial charge in [-0.15, -0.1) is 0 Å². The van der Waals surface area contributed by atoms with Gasteiger partial charge in [0.1, 0.15) is 5.69 Å². The van der Waals surface area contributed by atoms with E-state index >= 15 is 0 Å². The number of pyridine rings is 1. The molecule has 0 aromatic carbocycles. The second-order valence-electron chi connectivity index (χ2n) is 3.35. The molecule has 1 aromatic heterocycles. The number of rotatable bonds is 3. The van der Waals surface area contributed by atoms with E-state index in [2.05, 4.69) is 4.98 Å². The maximum atomic E-state index is 12.6. The predicted molar refractivity (Wildman–Crippen MR) is 51.4 cm³/mol. The number of nitriles is 1. The minimum absolute atomic E-state index is 0.313. The topological polar surface area (TPSA) is 62.7 Å². The van der Waals surface area contributed by atoms with E-state index in [0.29, 0.717) is 6.20 Å². The number of nitrogens with two attached hydrogens (primary N) is 1. The average molecular weight is 265 g/mol. The van der Waals surface area contributed by atoms with Crippen LogP contribution in [-0.4, -0.2) is 4.98 Å². The van der Waals surface area contributed by atoms with Crippen molar-refractivity contribution in [3.05, 3.63) is 28.6 Å². The van der Waals surface area contributed by atoms with E-state index in [1.807, 2.05) is 0 Å². The Morgan fingerprint density at radius 2 is 1.94 bits per heavy atom. The summed E-state index contributed by atoms with van der Waals surface area (Å²) in [6, 6.07) is 1.51. The molecule has 0 atom stereocenters. The highest BCUT2D eigenvalue weighted by Crippen LogP contribution is 2.35. The third-order valence-corrected chi connectivity index (χ3v) is 2.30. The minimum atomic E-state index is -4.76. The summed E-state index contributed by atoms with van der Waals surface area (Å²) in [5.41, 5.74) is 2.23. The summed E-state index contributed by atoms with van der Waals surface area (Å²) >= 11 is 0. The van der Waals surface area contributed by atoms with E-state index in [1.54, 1.807) is 0 Å². The van der Waals surface area contributed by atoms with E-state index in [9.17, 15) is 22.0 Å². The third-order valence-electron chi connectivity index (χ3n) is 2.30. The van der Waals surface area contributed by atoms with Crippen LogP contribution < -0.4 is 5.73 Å². The Morgan fingerprint density at radius 3 is 2.33 bits per heavy atom. The molecule has 0 saturated heterocycles. The van der Waals surface area contributed by atoms with E-state index in [0.717, 1.165) is 0 Å². The second kappa shape index (κ2) is 5.27. The Kier molecular flexibility index (Phi) is 4.19. The lowest BCUT2D eigenvalue weighted by molar-refractivity contribution is -0.138. The van der Waals surface area contributed by atoms with Gasteiger partial charge in [0.25, 0.3) is 6.43 Å². The van der Waals surface area contributed by atoms with E-state index in [4.69, 9.17) is 11.0 Å². The Balaban J connectivity index is 3.54. The van der Waals surface area contributed by atoms with Crippen molar-refractivity contribution in [2.45, 2.75) is 25.6 Å². The molecule has 0 fully saturated rings. The predicted octanol–water partition coefficient (Wildman–Crippen LogP) is 2.56. The first-order valence-electron chi connectivity index (χ1n) is 4.76. The summed E-state index contributed by atoms with van der Waals surface area (Å²) < 4.78 is 63.1. The van der Waals surface area contributed by atoms with Crippen LogP contribution in [0.2, 0.25) is 0 Å². The third kappa shape index (κ3) is 2.73. The van der Waals surface area contributed by atoms with Crippen LogP contribution in [0, 0.1) is 11.3 Å². The fourth-order valence-electron chi connectivity index (χ4n) is 1.55. The largest absolute Gasteiger partial charge is 0.418 e. The van der Waals surface area contributed by atoms with Gasteiger partial charge in [0.05, 0.1) is 18.1 Å². The molecule has 3 nitrogen and oxygen atoms in total. The molecule has 0 unspecified atom stereocenters. The molecule has 1 heterocycles. The van der Waals surface area contributed by atoms with Gasteiger partial charge in [-0.2, -0.15) is 18.4 Å². The van der Waals surface area contributed by atoms with E-state index in [1.165, 1.54) is 6.07 Å². The molecule has 0 spiro atoms. The van der Waals surface area contributed by atoms with Crippen LogP contribution in [0.1, 0.15) is 28.8 Å². The molecule has 1 aromatic rings. The van der Waals surface area contributed by atoms with Gasteiger partial charge in [-0.05, 0) is 11.1 Å². The van der Waals surface area contributed by atoms with Crippen LogP contribution in [0.15, 0.2) is 6.20 Å². The molecule has 1 rings (SSSR count). The van der Waals surface area contributed by atoms with Gasteiger partial charge in [0, 0.05) is 12.7 Å². The Bertz CT molecular complexity index is 476. The van der Waals surface area contributed by atoms with E-state index < -0.39 is 48.0 Å². The zero-order valence-corrected chi connectivity index (χ0v) is 8.93. The molecule has 18 heavy (non-hydrogen) atoms. The zero-order chi connectivity index (χ0) is 13.9. The lowest BCUT2D eigenvalue weighted by Crippen LogP contribution is -2.16. The van der Waals surface area contributed by atoms with Crippen molar-refractivity contribution in [1.82, 2.24) is 4.98 Å². The quantitative estimate of drug-likeness (QED) is 0.854. The van der Waals surface area contributed by atoms with Crippen LogP contribution in [0.4, 0.5) is 22.0 Å². The standard InChI is InChI=1S/C10H8F5N3/c11-9(12)8-6(3-17)5(1-2-16)7(4-18-8)10(13,14)15/h4,9H,1,3,17H2. The summed E-state index contributed by atoms with van der Waals surface area (Å²) in [6.07, 6.45) is -8.14. The first-order valence-corrected chi connectivity index (χ1v) is 4.76. The minimum Gasteiger partial charge on any atom is -0.326 e. The van der Waals surface area contributed by atoms with Crippen LogP contribution in [0.3, 0.4) is 0 Å². The fraction of sp³-hybridized carbons (Fsp3) is 0.400. The van der Waals surface area contributed by atoms with Crippen molar-refractivity contribution < 1.29 is 22.0 Å². The molecule has 0 bridgehead atoms.